The molecule has 0 aliphatic heterocycles. The molecule has 2 aromatic rings. The molecule has 0 spiro atoms. The topological polar surface area (TPSA) is 50.4 Å². The highest BCUT2D eigenvalue weighted by Gasteiger charge is 2.11. The van der Waals surface area contributed by atoms with Crippen LogP contribution in [-0.4, -0.2) is 19.7 Å². The highest BCUT2D eigenvalue weighted by Crippen LogP contribution is 2.21. The third-order valence-corrected chi connectivity index (χ3v) is 3.68. The van der Waals surface area contributed by atoms with E-state index in [1.807, 2.05) is 30.3 Å². The van der Waals surface area contributed by atoms with Crippen molar-refractivity contribution in [3.05, 3.63) is 59.9 Å². The van der Waals surface area contributed by atoms with Crippen LogP contribution in [-0.2, 0) is 0 Å². The molecule has 0 bridgehead atoms. The molecule has 0 aliphatic rings. The lowest BCUT2D eigenvalue weighted by molar-refractivity contribution is 0.251. The number of carbonyl (C=O) groups is 1. The standard InChI is InChI=1S/C18H21FN2O2/c1-3-13(14-7-5-4-6-8-14)12-20-18(22)21-15-9-10-17(23-2)16(19)11-15/h4-11,13H,3,12H2,1-2H3,(H2,20,21,22). The molecule has 23 heavy (non-hydrogen) atoms. The van der Waals surface area contributed by atoms with Gasteiger partial charge in [-0.05, 0) is 24.1 Å². The third-order valence-electron chi connectivity index (χ3n) is 3.68. The number of urea groups is 1. The minimum Gasteiger partial charge on any atom is -0.494 e. The Morgan fingerprint density at radius 3 is 2.57 bits per heavy atom. The maximum Gasteiger partial charge on any atom is 0.319 e. The Morgan fingerprint density at radius 1 is 1.22 bits per heavy atom. The van der Waals surface area contributed by atoms with Crippen molar-refractivity contribution in [1.29, 1.82) is 0 Å². The molecule has 4 nitrogen and oxygen atoms in total. The average molecular weight is 316 g/mol. The van der Waals surface area contributed by atoms with Crippen molar-refractivity contribution in [3.63, 3.8) is 0 Å². The zero-order valence-electron chi connectivity index (χ0n) is 13.3. The van der Waals surface area contributed by atoms with Gasteiger partial charge >= 0.3 is 6.03 Å². The number of anilines is 1. The van der Waals surface area contributed by atoms with Crippen LogP contribution in [0.3, 0.4) is 0 Å². The van der Waals surface area contributed by atoms with Gasteiger partial charge in [0, 0.05) is 24.2 Å². The van der Waals surface area contributed by atoms with Gasteiger partial charge in [0.25, 0.3) is 0 Å². The number of nitrogens with one attached hydrogen (secondary N) is 2. The Morgan fingerprint density at radius 2 is 1.96 bits per heavy atom. The maximum absolute atomic E-state index is 13.6. The Hall–Kier alpha value is -2.56. The smallest absolute Gasteiger partial charge is 0.319 e. The molecule has 1 atom stereocenters. The monoisotopic (exact) mass is 316 g/mol. The molecule has 2 rings (SSSR count). The summed E-state index contributed by atoms with van der Waals surface area (Å²) in [4.78, 5) is 12.0. The van der Waals surface area contributed by atoms with E-state index in [4.69, 9.17) is 4.74 Å². The second-order valence-electron chi connectivity index (χ2n) is 5.20. The summed E-state index contributed by atoms with van der Waals surface area (Å²) in [6.07, 6.45) is 0.918. The van der Waals surface area contributed by atoms with Crippen LogP contribution in [0.4, 0.5) is 14.9 Å². The lowest BCUT2D eigenvalue weighted by atomic mass is 9.97. The summed E-state index contributed by atoms with van der Waals surface area (Å²) in [6.45, 7) is 2.60. The van der Waals surface area contributed by atoms with Gasteiger partial charge in [-0.1, -0.05) is 37.3 Å². The highest BCUT2D eigenvalue weighted by atomic mass is 19.1. The van der Waals surface area contributed by atoms with Crippen molar-refractivity contribution >= 4 is 11.7 Å². The van der Waals surface area contributed by atoms with E-state index in [0.29, 0.717) is 12.2 Å². The molecular weight excluding hydrogens is 295 g/mol. The molecule has 2 aromatic carbocycles. The lowest BCUT2D eigenvalue weighted by Gasteiger charge is -2.16. The average Bonchev–Trinajstić information content (AvgIpc) is 2.56. The number of rotatable bonds is 6. The SMILES string of the molecule is CCC(CNC(=O)Nc1ccc(OC)c(F)c1)c1ccccc1. The van der Waals surface area contributed by atoms with Gasteiger partial charge in [-0.3, -0.25) is 0 Å². The fraction of sp³-hybridized carbons (Fsp3) is 0.278. The first-order chi connectivity index (χ1) is 11.1. The quantitative estimate of drug-likeness (QED) is 0.841. The molecular formula is C18H21FN2O2. The minimum absolute atomic E-state index is 0.145. The van der Waals surface area contributed by atoms with Crippen LogP contribution >= 0.6 is 0 Å². The van der Waals surface area contributed by atoms with Crippen molar-refractivity contribution < 1.29 is 13.9 Å². The van der Waals surface area contributed by atoms with Gasteiger partial charge in [0.15, 0.2) is 11.6 Å². The fourth-order valence-corrected chi connectivity index (χ4v) is 2.36. The van der Waals surface area contributed by atoms with Crippen LogP contribution in [0, 0.1) is 5.82 Å². The first-order valence-electron chi connectivity index (χ1n) is 7.57. The molecule has 0 fully saturated rings. The Labute approximate surface area is 135 Å². The molecule has 1 unspecified atom stereocenters. The summed E-state index contributed by atoms with van der Waals surface area (Å²) < 4.78 is 18.4. The molecule has 0 saturated carbocycles. The molecule has 122 valence electrons. The second kappa shape index (κ2) is 8.17. The normalized spacial score (nSPS) is 11.6. The van der Waals surface area contributed by atoms with Crippen LogP contribution < -0.4 is 15.4 Å². The van der Waals surface area contributed by atoms with E-state index in [-0.39, 0.29) is 17.7 Å². The van der Waals surface area contributed by atoms with E-state index >= 15 is 0 Å². The molecule has 5 heteroatoms. The Bertz CT molecular complexity index is 647. The van der Waals surface area contributed by atoms with Gasteiger partial charge in [-0.25, -0.2) is 9.18 Å². The molecule has 0 heterocycles. The first kappa shape index (κ1) is 16.8. The van der Waals surface area contributed by atoms with Crippen molar-refractivity contribution in [3.8, 4) is 5.75 Å². The largest absolute Gasteiger partial charge is 0.494 e. The van der Waals surface area contributed by atoms with Gasteiger partial charge < -0.3 is 15.4 Å². The number of ether oxygens (including phenoxy) is 1. The number of hydrogen-bond acceptors (Lipinski definition) is 2. The van der Waals surface area contributed by atoms with Crippen LogP contribution in [0.5, 0.6) is 5.75 Å². The van der Waals surface area contributed by atoms with Crippen molar-refractivity contribution in [2.45, 2.75) is 19.3 Å². The van der Waals surface area contributed by atoms with E-state index in [1.54, 1.807) is 6.07 Å². The van der Waals surface area contributed by atoms with Gasteiger partial charge in [-0.15, -0.1) is 0 Å². The summed E-state index contributed by atoms with van der Waals surface area (Å²) in [5.41, 5.74) is 1.57. The lowest BCUT2D eigenvalue weighted by Crippen LogP contribution is -2.32. The van der Waals surface area contributed by atoms with E-state index in [2.05, 4.69) is 17.6 Å². The molecule has 2 amide bonds. The zero-order valence-corrected chi connectivity index (χ0v) is 13.3. The van der Waals surface area contributed by atoms with Gasteiger partial charge in [0.05, 0.1) is 7.11 Å². The van der Waals surface area contributed by atoms with E-state index in [0.717, 1.165) is 6.42 Å². The maximum atomic E-state index is 13.6. The molecule has 0 aliphatic carbocycles. The van der Waals surface area contributed by atoms with Crippen LogP contribution in [0.2, 0.25) is 0 Å². The second-order valence-corrected chi connectivity index (χ2v) is 5.20. The van der Waals surface area contributed by atoms with E-state index in [9.17, 15) is 9.18 Å². The summed E-state index contributed by atoms with van der Waals surface area (Å²) in [7, 11) is 1.40. The van der Waals surface area contributed by atoms with Crippen LogP contribution in [0.15, 0.2) is 48.5 Å². The number of amides is 2. The van der Waals surface area contributed by atoms with Gasteiger partial charge in [0.2, 0.25) is 0 Å². The number of benzene rings is 2. The summed E-state index contributed by atoms with van der Waals surface area (Å²) in [6, 6.07) is 14.0. The Kier molecular flexibility index (Phi) is 5.97. The zero-order chi connectivity index (χ0) is 16.7. The van der Waals surface area contributed by atoms with Crippen LogP contribution in [0.1, 0.15) is 24.8 Å². The number of halogens is 1. The fourth-order valence-electron chi connectivity index (χ4n) is 2.36. The first-order valence-corrected chi connectivity index (χ1v) is 7.57. The Balaban J connectivity index is 1.90. The van der Waals surface area contributed by atoms with Crippen molar-refractivity contribution in [1.82, 2.24) is 5.32 Å². The molecule has 0 saturated heterocycles. The van der Waals surface area contributed by atoms with Crippen molar-refractivity contribution in [2.24, 2.45) is 0 Å². The number of hydrogen-bond donors (Lipinski definition) is 2. The number of carbonyl (C=O) groups excluding carboxylic acids is 1. The number of methoxy groups -OCH3 is 1. The third kappa shape index (κ3) is 4.71. The summed E-state index contributed by atoms with van der Waals surface area (Å²) in [5, 5.41) is 5.44. The van der Waals surface area contributed by atoms with Gasteiger partial charge in [-0.2, -0.15) is 0 Å². The predicted molar refractivity (Wildman–Crippen MR) is 89.4 cm³/mol. The predicted octanol–water partition coefficient (Wildman–Crippen LogP) is 4.15. The summed E-state index contributed by atoms with van der Waals surface area (Å²) in [5.74, 6) is -0.123. The van der Waals surface area contributed by atoms with Crippen molar-refractivity contribution in [2.75, 3.05) is 19.0 Å². The van der Waals surface area contributed by atoms with E-state index < -0.39 is 5.82 Å². The van der Waals surface area contributed by atoms with Crippen LogP contribution in [0.25, 0.3) is 0 Å². The molecule has 0 radical (unpaired) electrons. The van der Waals surface area contributed by atoms with Gasteiger partial charge in [0.1, 0.15) is 0 Å². The minimum atomic E-state index is -0.513. The molecule has 2 N–H and O–H groups in total. The molecule has 0 aromatic heterocycles. The van der Waals surface area contributed by atoms with E-state index in [1.165, 1.54) is 24.8 Å². The summed E-state index contributed by atoms with van der Waals surface area (Å²) >= 11 is 0. The highest BCUT2D eigenvalue weighted by molar-refractivity contribution is 5.89.